The Hall–Kier alpha value is -1.08. The summed E-state index contributed by atoms with van der Waals surface area (Å²) in [5.41, 5.74) is 1.40. The molecule has 1 aromatic carbocycles. The summed E-state index contributed by atoms with van der Waals surface area (Å²) in [6, 6.07) is 11.8. The van der Waals surface area contributed by atoms with Gasteiger partial charge in [-0.05, 0) is 13.8 Å². The quantitative estimate of drug-likeness (QED) is 0.521. The van der Waals surface area contributed by atoms with Gasteiger partial charge in [0.15, 0.2) is 0 Å². The molecule has 0 aliphatic heterocycles. The van der Waals surface area contributed by atoms with Crippen LogP contribution in [-0.2, 0) is 0 Å². The Kier molecular flexibility index (Phi) is 4.31. The number of benzene rings is 1. The summed E-state index contributed by atoms with van der Waals surface area (Å²) in [5, 5.41) is 0. The molecule has 0 spiro atoms. The molecule has 0 fully saturated rings. The predicted octanol–water partition coefficient (Wildman–Crippen LogP) is 3.79. The van der Waals surface area contributed by atoms with Gasteiger partial charge in [0, 0.05) is 12.0 Å². The lowest BCUT2D eigenvalue weighted by molar-refractivity contribution is -0.940. The van der Waals surface area contributed by atoms with Crippen molar-refractivity contribution in [3.63, 3.8) is 0 Å². The minimum atomic E-state index is 0.499. The van der Waals surface area contributed by atoms with E-state index in [-0.39, 0.29) is 0 Å². The molecule has 1 heteroatoms. The van der Waals surface area contributed by atoms with Crippen LogP contribution in [0.3, 0.4) is 0 Å². The van der Waals surface area contributed by atoms with E-state index in [0.717, 1.165) is 10.9 Å². The standard InChI is InChI=1S/C15H24N/c1-6-10-15(16(4,5)13(2)3)14-11-8-7-9-12-14/h6-9,11-13,15H,1,10H2,2-5H3/q+1. The third-order valence-electron chi connectivity index (χ3n) is 3.71. The Balaban J connectivity index is 3.04. The van der Waals surface area contributed by atoms with E-state index in [1.165, 1.54) is 5.56 Å². The highest BCUT2D eigenvalue weighted by Gasteiger charge is 2.31. The first-order valence-electron chi connectivity index (χ1n) is 5.99. The molecule has 0 aromatic heterocycles. The molecule has 88 valence electrons. The molecule has 0 amide bonds. The van der Waals surface area contributed by atoms with E-state index >= 15 is 0 Å². The lowest BCUT2D eigenvalue weighted by atomic mass is 9.99. The Bertz CT molecular complexity index is 325. The maximum absolute atomic E-state index is 3.89. The van der Waals surface area contributed by atoms with Crippen molar-refractivity contribution in [2.24, 2.45) is 0 Å². The highest BCUT2D eigenvalue weighted by Crippen LogP contribution is 2.30. The zero-order valence-electron chi connectivity index (χ0n) is 11.0. The van der Waals surface area contributed by atoms with Crippen LogP contribution in [0.5, 0.6) is 0 Å². The van der Waals surface area contributed by atoms with Crippen LogP contribution in [0.1, 0.15) is 31.9 Å². The summed E-state index contributed by atoms with van der Waals surface area (Å²) < 4.78 is 0.996. The van der Waals surface area contributed by atoms with Crippen LogP contribution in [0.2, 0.25) is 0 Å². The van der Waals surface area contributed by atoms with Gasteiger partial charge in [0.1, 0.15) is 6.04 Å². The first-order valence-corrected chi connectivity index (χ1v) is 5.99. The largest absolute Gasteiger partial charge is 0.320 e. The molecule has 0 heterocycles. The highest BCUT2D eigenvalue weighted by atomic mass is 15.4. The zero-order valence-corrected chi connectivity index (χ0v) is 11.0. The first kappa shape index (κ1) is 13.0. The summed E-state index contributed by atoms with van der Waals surface area (Å²) in [7, 11) is 4.59. The molecule has 0 radical (unpaired) electrons. The van der Waals surface area contributed by atoms with Crippen LogP contribution in [0.15, 0.2) is 43.0 Å². The van der Waals surface area contributed by atoms with E-state index < -0.39 is 0 Å². The van der Waals surface area contributed by atoms with Gasteiger partial charge in [0.05, 0.1) is 20.1 Å². The number of rotatable bonds is 5. The van der Waals surface area contributed by atoms with E-state index in [9.17, 15) is 0 Å². The van der Waals surface area contributed by atoms with Crippen molar-refractivity contribution in [3.05, 3.63) is 48.6 Å². The highest BCUT2D eigenvalue weighted by molar-refractivity contribution is 5.18. The van der Waals surface area contributed by atoms with Crippen molar-refractivity contribution in [1.29, 1.82) is 0 Å². The fourth-order valence-corrected chi connectivity index (χ4v) is 1.98. The molecule has 0 N–H and O–H groups in total. The average molecular weight is 218 g/mol. The van der Waals surface area contributed by atoms with Gasteiger partial charge in [-0.2, -0.15) is 0 Å². The second-order valence-corrected chi connectivity index (χ2v) is 5.17. The molecule has 0 aliphatic carbocycles. The van der Waals surface area contributed by atoms with Gasteiger partial charge < -0.3 is 4.48 Å². The fourth-order valence-electron chi connectivity index (χ4n) is 1.98. The van der Waals surface area contributed by atoms with E-state index in [2.05, 4.69) is 64.9 Å². The molecule has 0 aliphatic rings. The van der Waals surface area contributed by atoms with Gasteiger partial charge in [-0.15, -0.1) is 6.58 Å². The predicted molar refractivity (Wildman–Crippen MR) is 71.2 cm³/mol. The molecule has 0 bridgehead atoms. The second kappa shape index (κ2) is 5.31. The lowest BCUT2D eigenvalue weighted by Crippen LogP contribution is -2.48. The molecule has 0 saturated carbocycles. The Morgan fingerprint density at radius 1 is 1.19 bits per heavy atom. The van der Waals surface area contributed by atoms with E-state index in [0.29, 0.717) is 12.1 Å². The van der Waals surface area contributed by atoms with Crippen molar-refractivity contribution >= 4 is 0 Å². The van der Waals surface area contributed by atoms with E-state index in [1.54, 1.807) is 0 Å². The third kappa shape index (κ3) is 2.73. The molecule has 1 nitrogen and oxygen atoms in total. The van der Waals surface area contributed by atoms with Crippen LogP contribution < -0.4 is 0 Å². The molecule has 1 atom stereocenters. The number of nitrogens with zero attached hydrogens (tertiary/aromatic N) is 1. The Labute approximate surface area is 100.0 Å². The van der Waals surface area contributed by atoms with E-state index in [4.69, 9.17) is 0 Å². The molecule has 1 rings (SSSR count). The third-order valence-corrected chi connectivity index (χ3v) is 3.71. The van der Waals surface area contributed by atoms with Crippen molar-refractivity contribution in [2.75, 3.05) is 14.1 Å². The lowest BCUT2D eigenvalue weighted by Gasteiger charge is -2.41. The van der Waals surface area contributed by atoms with Crippen LogP contribution in [0, 0.1) is 0 Å². The topological polar surface area (TPSA) is 0 Å². The molecular formula is C15H24N+. The number of quaternary nitrogens is 1. The Morgan fingerprint density at radius 2 is 1.75 bits per heavy atom. The minimum absolute atomic E-state index is 0.499. The monoisotopic (exact) mass is 218 g/mol. The molecule has 16 heavy (non-hydrogen) atoms. The van der Waals surface area contributed by atoms with Crippen LogP contribution >= 0.6 is 0 Å². The summed E-state index contributed by atoms with van der Waals surface area (Å²) in [5.74, 6) is 0. The van der Waals surface area contributed by atoms with Gasteiger partial charge in [-0.1, -0.05) is 36.4 Å². The zero-order chi connectivity index (χ0) is 12.2. The minimum Gasteiger partial charge on any atom is -0.320 e. The smallest absolute Gasteiger partial charge is 0.118 e. The van der Waals surface area contributed by atoms with Crippen LogP contribution in [-0.4, -0.2) is 24.6 Å². The normalized spacial score (nSPS) is 13.8. The second-order valence-electron chi connectivity index (χ2n) is 5.17. The van der Waals surface area contributed by atoms with E-state index in [1.807, 2.05) is 6.08 Å². The van der Waals surface area contributed by atoms with Gasteiger partial charge in [-0.3, -0.25) is 0 Å². The van der Waals surface area contributed by atoms with Crippen LogP contribution in [0.25, 0.3) is 0 Å². The maximum Gasteiger partial charge on any atom is 0.118 e. The van der Waals surface area contributed by atoms with Crippen molar-refractivity contribution in [3.8, 4) is 0 Å². The summed E-state index contributed by atoms with van der Waals surface area (Å²) in [6.07, 6.45) is 3.05. The molecule has 1 unspecified atom stereocenters. The Morgan fingerprint density at radius 3 is 2.19 bits per heavy atom. The maximum atomic E-state index is 3.89. The summed E-state index contributed by atoms with van der Waals surface area (Å²) in [6.45, 7) is 8.44. The van der Waals surface area contributed by atoms with Gasteiger partial charge in [-0.25, -0.2) is 0 Å². The summed E-state index contributed by atoms with van der Waals surface area (Å²) in [4.78, 5) is 0. The van der Waals surface area contributed by atoms with Gasteiger partial charge in [0.25, 0.3) is 0 Å². The number of hydrogen-bond donors (Lipinski definition) is 0. The van der Waals surface area contributed by atoms with Gasteiger partial charge >= 0.3 is 0 Å². The van der Waals surface area contributed by atoms with Crippen molar-refractivity contribution < 1.29 is 4.48 Å². The molecular weight excluding hydrogens is 194 g/mol. The van der Waals surface area contributed by atoms with Crippen LogP contribution in [0.4, 0.5) is 0 Å². The summed E-state index contributed by atoms with van der Waals surface area (Å²) >= 11 is 0. The van der Waals surface area contributed by atoms with Gasteiger partial charge in [0.2, 0.25) is 0 Å². The SMILES string of the molecule is C=CCC(c1ccccc1)[N+](C)(C)C(C)C. The average Bonchev–Trinajstić information content (AvgIpc) is 2.26. The fraction of sp³-hybridized carbons (Fsp3) is 0.467. The van der Waals surface area contributed by atoms with Crippen molar-refractivity contribution in [1.82, 2.24) is 0 Å². The number of hydrogen-bond acceptors (Lipinski definition) is 0. The van der Waals surface area contributed by atoms with Crippen molar-refractivity contribution in [2.45, 2.75) is 32.4 Å². The molecule has 0 saturated heterocycles. The first-order chi connectivity index (χ1) is 7.50. The molecule has 1 aromatic rings.